The Morgan fingerprint density at radius 3 is 2.26 bits per heavy atom. The first-order valence-electron chi connectivity index (χ1n) is 7.39. The van der Waals surface area contributed by atoms with Crippen LogP contribution in [0.3, 0.4) is 0 Å². The van der Waals surface area contributed by atoms with Crippen LogP contribution < -0.4 is 10.2 Å². The van der Waals surface area contributed by atoms with Crippen LogP contribution in [0.1, 0.15) is 0 Å². The molecular formula is C15H18N6O2. The van der Waals surface area contributed by atoms with Gasteiger partial charge in [0.25, 0.3) is 0 Å². The lowest BCUT2D eigenvalue weighted by atomic mass is 10.2. The lowest BCUT2D eigenvalue weighted by Gasteiger charge is -2.34. The third-order valence-corrected chi connectivity index (χ3v) is 3.84. The molecule has 1 aliphatic heterocycles. The Balaban J connectivity index is 1.64. The summed E-state index contributed by atoms with van der Waals surface area (Å²) in [6, 6.07) is 8.02. The highest BCUT2D eigenvalue weighted by Gasteiger charge is 2.14. The molecule has 2 heterocycles. The second-order valence-electron chi connectivity index (χ2n) is 5.48. The Labute approximate surface area is 133 Å². The van der Waals surface area contributed by atoms with Crippen LogP contribution in [0.4, 0.5) is 23.0 Å². The van der Waals surface area contributed by atoms with Crippen molar-refractivity contribution in [2.45, 2.75) is 0 Å². The van der Waals surface area contributed by atoms with Gasteiger partial charge in [-0.1, -0.05) is 0 Å². The van der Waals surface area contributed by atoms with Crippen LogP contribution in [0.2, 0.25) is 0 Å². The molecule has 8 nitrogen and oxygen atoms in total. The van der Waals surface area contributed by atoms with Gasteiger partial charge < -0.3 is 15.1 Å². The van der Waals surface area contributed by atoms with E-state index in [1.807, 2.05) is 12.1 Å². The van der Waals surface area contributed by atoms with Crippen molar-refractivity contribution in [1.29, 1.82) is 0 Å². The smallest absolute Gasteiger partial charge is 0.305 e. The summed E-state index contributed by atoms with van der Waals surface area (Å²) in [7, 11) is 2.13. The van der Waals surface area contributed by atoms with Crippen molar-refractivity contribution in [2.75, 3.05) is 43.4 Å². The monoisotopic (exact) mass is 314 g/mol. The summed E-state index contributed by atoms with van der Waals surface area (Å²) in [4.78, 5) is 22.6. The highest BCUT2D eigenvalue weighted by molar-refractivity contribution is 5.59. The molecule has 0 saturated carbocycles. The molecule has 0 radical (unpaired) electrons. The molecule has 0 unspecified atom stereocenters. The van der Waals surface area contributed by atoms with E-state index in [4.69, 9.17) is 0 Å². The van der Waals surface area contributed by atoms with Crippen molar-refractivity contribution in [3.8, 4) is 0 Å². The van der Waals surface area contributed by atoms with E-state index in [0.717, 1.165) is 31.9 Å². The van der Waals surface area contributed by atoms with Gasteiger partial charge in [0.15, 0.2) is 0 Å². The number of hydrogen-bond acceptors (Lipinski definition) is 7. The summed E-state index contributed by atoms with van der Waals surface area (Å²) in [5, 5.41) is 13.6. The van der Waals surface area contributed by atoms with Crippen molar-refractivity contribution in [3.05, 3.63) is 46.8 Å². The minimum Gasteiger partial charge on any atom is -0.369 e. The first-order chi connectivity index (χ1) is 11.1. The van der Waals surface area contributed by atoms with Crippen LogP contribution >= 0.6 is 0 Å². The van der Waals surface area contributed by atoms with Gasteiger partial charge in [-0.25, -0.2) is 9.97 Å². The molecule has 1 N–H and O–H groups in total. The fraction of sp³-hybridized carbons (Fsp3) is 0.333. The van der Waals surface area contributed by atoms with Crippen LogP contribution in [0, 0.1) is 10.1 Å². The number of likely N-dealkylation sites (N-methyl/N-ethyl adjacent to an activating group) is 1. The molecule has 1 aromatic carbocycles. The van der Waals surface area contributed by atoms with E-state index in [1.54, 1.807) is 0 Å². The number of nitrogens with zero attached hydrogens (tertiary/aromatic N) is 5. The predicted octanol–water partition coefficient (Wildman–Crippen LogP) is 1.88. The number of nitrogens with one attached hydrogen (secondary N) is 1. The Bertz CT molecular complexity index is 665. The average Bonchev–Trinajstić information content (AvgIpc) is 2.57. The molecule has 1 saturated heterocycles. The van der Waals surface area contributed by atoms with Crippen LogP contribution in [-0.4, -0.2) is 53.0 Å². The normalized spacial score (nSPS) is 15.4. The van der Waals surface area contributed by atoms with E-state index in [-0.39, 0.29) is 5.69 Å². The number of rotatable bonds is 4. The Kier molecular flexibility index (Phi) is 4.33. The molecular weight excluding hydrogens is 296 g/mol. The van der Waals surface area contributed by atoms with E-state index >= 15 is 0 Å². The van der Waals surface area contributed by atoms with Crippen molar-refractivity contribution in [3.63, 3.8) is 0 Å². The Morgan fingerprint density at radius 1 is 1.09 bits per heavy atom. The summed E-state index contributed by atoms with van der Waals surface area (Å²) in [5.41, 5.74) is 1.91. The Morgan fingerprint density at radius 2 is 1.70 bits per heavy atom. The summed E-state index contributed by atoms with van der Waals surface area (Å²) in [5.74, 6) is 0.336. The van der Waals surface area contributed by atoms with Gasteiger partial charge in [-0.3, -0.25) is 10.1 Å². The van der Waals surface area contributed by atoms with Gasteiger partial charge >= 0.3 is 5.69 Å². The second-order valence-corrected chi connectivity index (χ2v) is 5.48. The zero-order chi connectivity index (χ0) is 16.2. The highest BCUT2D eigenvalue weighted by atomic mass is 16.6. The third-order valence-electron chi connectivity index (χ3n) is 3.84. The quantitative estimate of drug-likeness (QED) is 0.681. The number of piperazine rings is 1. The highest BCUT2D eigenvalue weighted by Crippen LogP contribution is 2.21. The summed E-state index contributed by atoms with van der Waals surface area (Å²) < 4.78 is 0. The van der Waals surface area contributed by atoms with Crippen LogP contribution in [0.25, 0.3) is 0 Å². The average molecular weight is 314 g/mol. The standard InChI is InChI=1S/C15H18N6O2/c1-19-6-8-20(9-7-19)13-4-2-12(3-5-13)18-15-16-10-14(11-17-15)21(22)23/h2-5,10-11H,6-9H2,1H3,(H,16,17,18). The number of anilines is 3. The van der Waals surface area contributed by atoms with Crippen molar-refractivity contribution >= 4 is 23.0 Å². The summed E-state index contributed by atoms with van der Waals surface area (Å²) in [6.45, 7) is 4.18. The first-order valence-corrected chi connectivity index (χ1v) is 7.39. The maximum absolute atomic E-state index is 10.6. The molecule has 8 heteroatoms. The fourth-order valence-electron chi connectivity index (χ4n) is 2.43. The van der Waals surface area contributed by atoms with Gasteiger partial charge in [-0.05, 0) is 31.3 Å². The van der Waals surface area contributed by atoms with E-state index in [9.17, 15) is 10.1 Å². The molecule has 0 atom stereocenters. The number of benzene rings is 1. The molecule has 0 bridgehead atoms. The van der Waals surface area contributed by atoms with Gasteiger partial charge in [0.05, 0.1) is 4.92 Å². The number of nitro groups is 1. The van der Waals surface area contributed by atoms with E-state index in [2.05, 4.69) is 44.3 Å². The van der Waals surface area contributed by atoms with Gasteiger partial charge in [-0.15, -0.1) is 0 Å². The van der Waals surface area contributed by atoms with Crippen LogP contribution in [-0.2, 0) is 0 Å². The molecule has 1 aliphatic rings. The van der Waals surface area contributed by atoms with Gasteiger partial charge in [0, 0.05) is 37.6 Å². The van der Waals surface area contributed by atoms with E-state index in [0.29, 0.717) is 5.95 Å². The fourth-order valence-corrected chi connectivity index (χ4v) is 2.43. The van der Waals surface area contributed by atoms with Crippen LogP contribution in [0.15, 0.2) is 36.7 Å². The maximum Gasteiger partial charge on any atom is 0.305 e. The number of hydrogen-bond donors (Lipinski definition) is 1. The molecule has 3 rings (SSSR count). The molecule has 1 fully saturated rings. The number of aromatic nitrogens is 2. The molecule has 0 aliphatic carbocycles. The van der Waals surface area contributed by atoms with Crippen molar-refractivity contribution < 1.29 is 4.92 Å². The second kappa shape index (κ2) is 6.57. The lowest BCUT2D eigenvalue weighted by Crippen LogP contribution is -2.44. The first kappa shape index (κ1) is 15.2. The molecule has 23 heavy (non-hydrogen) atoms. The van der Waals surface area contributed by atoms with Gasteiger partial charge in [0.1, 0.15) is 12.4 Å². The lowest BCUT2D eigenvalue weighted by molar-refractivity contribution is -0.385. The predicted molar refractivity (Wildman–Crippen MR) is 88.1 cm³/mol. The third kappa shape index (κ3) is 3.72. The summed E-state index contributed by atoms with van der Waals surface area (Å²) in [6.07, 6.45) is 2.38. The van der Waals surface area contributed by atoms with Crippen LogP contribution in [0.5, 0.6) is 0 Å². The molecule has 1 aromatic heterocycles. The van der Waals surface area contributed by atoms with Gasteiger partial charge in [0.2, 0.25) is 5.95 Å². The largest absolute Gasteiger partial charge is 0.369 e. The minimum atomic E-state index is -0.519. The summed E-state index contributed by atoms with van der Waals surface area (Å²) >= 11 is 0. The topological polar surface area (TPSA) is 87.4 Å². The van der Waals surface area contributed by atoms with Crippen molar-refractivity contribution in [2.24, 2.45) is 0 Å². The van der Waals surface area contributed by atoms with E-state index in [1.165, 1.54) is 18.1 Å². The van der Waals surface area contributed by atoms with Crippen molar-refractivity contribution in [1.82, 2.24) is 14.9 Å². The molecule has 0 spiro atoms. The Hall–Kier alpha value is -2.74. The minimum absolute atomic E-state index is 0.124. The molecule has 120 valence electrons. The van der Waals surface area contributed by atoms with Gasteiger partial charge in [-0.2, -0.15) is 0 Å². The molecule has 0 amide bonds. The SMILES string of the molecule is CN1CCN(c2ccc(Nc3ncc([N+](=O)[O-])cn3)cc2)CC1. The zero-order valence-electron chi connectivity index (χ0n) is 12.8. The zero-order valence-corrected chi connectivity index (χ0v) is 12.8. The molecule has 2 aromatic rings. The maximum atomic E-state index is 10.6. The van der Waals surface area contributed by atoms with E-state index < -0.39 is 4.92 Å².